The molecule has 1 saturated heterocycles. The summed E-state index contributed by atoms with van der Waals surface area (Å²) in [6.07, 6.45) is 16.3. The first-order valence-electron chi connectivity index (χ1n) is 35.2. The Bertz CT molecular complexity index is 4790. The fourth-order valence-corrected chi connectivity index (χ4v) is 56.3. The second-order valence-corrected chi connectivity index (χ2v) is 47.6. The quantitative estimate of drug-likeness (QED) is 0.00897. The predicted octanol–water partition coefficient (Wildman–Crippen LogP) is 17.3. The van der Waals surface area contributed by atoms with E-state index in [2.05, 4.69) is 218 Å². The van der Waals surface area contributed by atoms with E-state index < -0.39 is 20.0 Å². The van der Waals surface area contributed by atoms with Crippen molar-refractivity contribution in [2.45, 2.75) is 76.9 Å². The smallest absolute Gasteiger partial charge is 0.224 e. The molecule has 3 radical (unpaired) electrons. The van der Waals surface area contributed by atoms with Crippen molar-refractivity contribution in [1.82, 2.24) is 39.7 Å². The number of benzene rings is 10. The summed E-state index contributed by atoms with van der Waals surface area (Å²) in [4.78, 5) is 29.7. The minimum Gasteiger partial charge on any atom is -0.497 e. The van der Waals surface area contributed by atoms with Crippen molar-refractivity contribution in [3.63, 3.8) is 0 Å². The van der Waals surface area contributed by atoms with Gasteiger partial charge in [-0.15, -0.1) is 0 Å². The molecule has 547 valence electrons. The molecule has 15 rings (SSSR count). The second kappa shape index (κ2) is 37.3. The number of ether oxygens (including phenoxy) is 1. The summed E-state index contributed by atoms with van der Waals surface area (Å²) >= 11 is 21.1. The molecule has 1 amide bonds. The molecule has 0 saturated carbocycles. The van der Waals surface area contributed by atoms with Crippen LogP contribution in [0.15, 0.2) is 304 Å². The van der Waals surface area contributed by atoms with Crippen LogP contribution in [-0.4, -0.2) is 83.9 Å². The number of thiocarbonyl (C=S) groups is 1. The summed E-state index contributed by atoms with van der Waals surface area (Å²) in [7, 11) is 1.66. The molecule has 0 unspecified atom stereocenters. The van der Waals surface area contributed by atoms with E-state index in [0.29, 0.717) is 13.0 Å². The molecular weight excluding hydrogens is 1470 g/mol. The Morgan fingerprint density at radius 1 is 0.481 bits per heavy atom. The van der Waals surface area contributed by atoms with Gasteiger partial charge < -0.3 is 49.8 Å². The van der Waals surface area contributed by atoms with E-state index >= 15 is 0 Å². The summed E-state index contributed by atoms with van der Waals surface area (Å²) in [6.45, 7) is 1.41. The van der Waals surface area contributed by atoms with E-state index in [1.54, 1.807) is 7.11 Å². The standard InChI is InChI=1S/C36H34N4O2.C36H34N4OS.C14H14O2P2S4.CH4.B/c2*41-25-27-18-19-34-33(21-27)28(23-38-34)22-35(42)37-20-10-17-32-24-40(26-39-32)36(29-11-4-1-5-12-29,30-13-6-2-7-14-30)31-15-8-3-9-16-31;1-16-12-4-8-14(9-5-12)18(20)21-17(19,22-18)13-6-2-11(10-15)3-7-13;;/h2*1-9,11-16,18-19,21,23-24,26,38,41H,10,17,20,22,25H2,(H,37,42);2-9,15H,10H2,1H3;1H4;. The third kappa shape index (κ3) is 17.9. The number of imidazole rings is 2. The monoisotopic (exact) mass is 1560 g/mol. The predicted molar refractivity (Wildman–Crippen MR) is 461 cm³/mol. The Labute approximate surface area is 657 Å². The van der Waals surface area contributed by atoms with Gasteiger partial charge in [-0.2, -0.15) is 0 Å². The van der Waals surface area contributed by atoms with Crippen molar-refractivity contribution in [2.24, 2.45) is 0 Å². The zero-order valence-corrected chi connectivity index (χ0v) is 65.0. The van der Waals surface area contributed by atoms with E-state index in [-0.39, 0.29) is 48.0 Å². The van der Waals surface area contributed by atoms with Crippen LogP contribution in [0.1, 0.15) is 92.9 Å². The van der Waals surface area contributed by atoms with Gasteiger partial charge >= 0.3 is 0 Å². The number of fused-ring (bicyclic) bond motifs is 2. The average Bonchev–Trinajstić information content (AvgIpc) is 1.70. The Morgan fingerprint density at radius 3 is 1.19 bits per heavy atom. The van der Waals surface area contributed by atoms with E-state index in [1.165, 1.54) is 27.3 Å². The maximum absolute atomic E-state index is 12.7. The molecule has 1 fully saturated rings. The first-order chi connectivity index (χ1) is 51.8. The van der Waals surface area contributed by atoms with Crippen LogP contribution in [-0.2, 0) is 85.0 Å². The average molecular weight is 1560 g/mol. The van der Waals surface area contributed by atoms with Gasteiger partial charge in [0.05, 0.1) is 71.3 Å². The number of aliphatic hydroxyl groups excluding tert-OH is 3. The first kappa shape index (κ1) is 79.8. The summed E-state index contributed by atoms with van der Waals surface area (Å²) in [5.74, 6) is 0.826. The number of amides is 1. The van der Waals surface area contributed by atoms with Gasteiger partial charge in [0.15, 0.2) is 0 Å². The molecule has 0 atom stereocenters. The summed E-state index contributed by atoms with van der Waals surface area (Å²) in [5.41, 5.74) is 14.6. The lowest BCUT2D eigenvalue weighted by molar-refractivity contribution is -0.120. The highest BCUT2D eigenvalue weighted by Gasteiger charge is 2.46. The number of nitrogens with zero attached hydrogens (tertiary/aromatic N) is 4. The number of H-pyrrole nitrogens is 2. The van der Waals surface area contributed by atoms with Crippen molar-refractivity contribution in [3.8, 4) is 5.75 Å². The van der Waals surface area contributed by atoms with Gasteiger partial charge in [0.25, 0.3) is 0 Å². The zero-order valence-electron chi connectivity index (χ0n) is 59.1. The molecule has 13 nitrogen and oxygen atoms in total. The van der Waals surface area contributed by atoms with Gasteiger partial charge in [0.2, 0.25) is 5.91 Å². The van der Waals surface area contributed by atoms with Gasteiger partial charge in [-0.05, 0) is 135 Å². The molecule has 7 N–H and O–H groups in total. The van der Waals surface area contributed by atoms with Crippen LogP contribution < -0.4 is 26.0 Å². The molecule has 14 aromatic rings. The molecule has 10 aromatic carbocycles. The number of aromatic amines is 2. The van der Waals surface area contributed by atoms with Gasteiger partial charge in [0.1, 0.15) is 16.8 Å². The zero-order chi connectivity index (χ0) is 73.4. The van der Waals surface area contributed by atoms with Crippen molar-refractivity contribution in [1.29, 1.82) is 0 Å². The van der Waals surface area contributed by atoms with Gasteiger partial charge in [-0.3, -0.25) is 4.79 Å². The summed E-state index contributed by atoms with van der Waals surface area (Å²) < 4.78 is 6.32. The molecular formula is C87H86BN8O5P2S5. The van der Waals surface area contributed by atoms with Crippen LogP contribution in [0.3, 0.4) is 0 Å². The van der Waals surface area contributed by atoms with Crippen LogP contribution >= 0.6 is 43.1 Å². The summed E-state index contributed by atoms with van der Waals surface area (Å²) in [5, 5.41) is 39.1. The lowest BCUT2D eigenvalue weighted by Crippen LogP contribution is -2.36. The highest BCUT2D eigenvalue weighted by molar-refractivity contribution is 9.48. The van der Waals surface area contributed by atoms with E-state index in [1.807, 2.05) is 138 Å². The van der Waals surface area contributed by atoms with Crippen LogP contribution in [0.25, 0.3) is 21.8 Å². The van der Waals surface area contributed by atoms with Crippen molar-refractivity contribution in [3.05, 3.63) is 377 Å². The highest BCUT2D eigenvalue weighted by Crippen LogP contribution is 3.04. The molecule has 21 heteroatoms. The number of hydrogen-bond donors (Lipinski definition) is 7. The fraction of sp³-hybridized carbons (Fsp3) is 0.172. The first-order valence-corrected chi connectivity index (χ1v) is 45.2. The SMILES string of the molecule is C.COc1ccc(P2(=S)SP(=S)(c3ccc(CO)cc3)S2)cc1.O=C(Cc1c[nH]c2ccc(CO)cc12)NCCCc1cn(C(c2ccccc2)(c2ccccc2)c2ccccc2)cn1.OCc1ccc2[nH]cc(CC(=S)NCCCc3cn(C(c4ccccc4)(c4ccccc4)c4ccccc4)cn3)c2c1.[B]. The second-order valence-electron chi connectivity index (χ2n) is 25.8. The number of methoxy groups -OCH3 is 1. The maximum Gasteiger partial charge on any atom is 0.224 e. The number of carbonyl (C=O) groups is 1. The lowest BCUT2D eigenvalue weighted by atomic mass is 9.77. The number of rotatable bonds is 26. The topological polar surface area (TPSA) is 178 Å². The van der Waals surface area contributed by atoms with Crippen LogP contribution in [0.5, 0.6) is 5.75 Å². The van der Waals surface area contributed by atoms with Crippen molar-refractivity contribution < 1.29 is 24.9 Å². The molecule has 5 heterocycles. The Morgan fingerprint density at radius 2 is 0.824 bits per heavy atom. The Balaban J connectivity index is 0.000000167. The Hall–Kier alpha value is -9.20. The highest BCUT2D eigenvalue weighted by atomic mass is 33.7. The van der Waals surface area contributed by atoms with Crippen LogP contribution in [0, 0.1) is 0 Å². The number of aromatic nitrogens is 6. The minimum atomic E-state index is -1.68. The molecule has 0 spiro atoms. The van der Waals surface area contributed by atoms with Gasteiger partial charge in [0, 0.05) is 85.1 Å². The number of hydrogen-bond acceptors (Lipinski definition) is 12. The normalized spacial score (nSPS) is 14.5. The third-order valence-corrected chi connectivity index (χ3v) is 50.6. The van der Waals surface area contributed by atoms with Crippen molar-refractivity contribution >= 4 is 118 Å². The number of carbonyl (C=O) groups excluding carboxylic acids is 1. The van der Waals surface area contributed by atoms with Crippen LogP contribution in [0.2, 0.25) is 0 Å². The number of aliphatic hydroxyl groups is 3. The number of nitrogens with one attached hydrogen (secondary N) is 4. The lowest BCUT2D eigenvalue weighted by Gasteiger charge is -2.40. The molecule has 0 aliphatic carbocycles. The molecule has 108 heavy (non-hydrogen) atoms. The Kier molecular flexibility index (Phi) is 27.6. The third-order valence-electron chi connectivity index (χ3n) is 19.0. The molecule has 1 aliphatic heterocycles. The summed E-state index contributed by atoms with van der Waals surface area (Å²) in [6, 6.07) is 91.4. The number of aryl methyl sites for hydroxylation is 2. The maximum atomic E-state index is 12.7. The minimum absolute atomic E-state index is 0. The van der Waals surface area contributed by atoms with Crippen LogP contribution in [0.4, 0.5) is 0 Å². The van der Waals surface area contributed by atoms with Crippen molar-refractivity contribution in [2.75, 3.05) is 20.2 Å². The molecule has 4 aromatic heterocycles. The van der Waals surface area contributed by atoms with E-state index in [0.717, 1.165) is 121 Å². The fourth-order valence-electron chi connectivity index (χ4n) is 13.8. The van der Waals surface area contributed by atoms with Gasteiger partial charge in [-0.1, -0.05) is 284 Å². The van der Waals surface area contributed by atoms with E-state index in [9.17, 15) is 15.0 Å². The van der Waals surface area contributed by atoms with E-state index in [4.69, 9.17) is 55.6 Å². The largest absolute Gasteiger partial charge is 0.497 e. The van der Waals surface area contributed by atoms with Gasteiger partial charge in [-0.25, -0.2) is 9.97 Å². The molecule has 1 aliphatic rings. The molecule has 0 bridgehead atoms.